The van der Waals surface area contributed by atoms with Crippen molar-refractivity contribution < 1.29 is 9.59 Å². The molecule has 2 unspecified atom stereocenters. The van der Waals surface area contributed by atoms with Crippen molar-refractivity contribution in [2.24, 2.45) is 0 Å². The molecule has 32 heavy (non-hydrogen) atoms. The van der Waals surface area contributed by atoms with Crippen LogP contribution in [0.25, 0.3) is 0 Å². The lowest BCUT2D eigenvalue weighted by atomic mass is 10.0. The highest BCUT2D eigenvalue weighted by atomic mass is 79.9. The van der Waals surface area contributed by atoms with Crippen LogP contribution in [0.2, 0.25) is 5.02 Å². The number of piperidine rings is 1. The molecule has 3 aliphatic rings. The van der Waals surface area contributed by atoms with Gasteiger partial charge in [-0.3, -0.25) is 9.59 Å². The van der Waals surface area contributed by atoms with Gasteiger partial charge in [0.25, 0.3) is 0 Å². The second kappa shape index (κ2) is 8.92. The number of nitrogens with one attached hydrogen (secondary N) is 1. The third-order valence-electron chi connectivity index (χ3n) is 6.64. The number of thioether (sulfide) groups is 1. The van der Waals surface area contributed by atoms with Crippen LogP contribution in [-0.2, 0) is 14.5 Å². The van der Waals surface area contributed by atoms with Gasteiger partial charge < -0.3 is 15.1 Å². The van der Waals surface area contributed by atoms with E-state index in [9.17, 15) is 9.59 Å². The van der Waals surface area contributed by atoms with Crippen LogP contribution in [0.5, 0.6) is 0 Å². The molecule has 0 aliphatic carbocycles. The van der Waals surface area contributed by atoms with Crippen LogP contribution in [-0.4, -0.2) is 41.6 Å². The lowest BCUT2D eigenvalue weighted by Crippen LogP contribution is -2.48. The summed E-state index contributed by atoms with van der Waals surface area (Å²) in [7, 11) is 0. The molecule has 0 spiro atoms. The average molecular weight is 535 g/mol. The van der Waals surface area contributed by atoms with E-state index in [1.54, 1.807) is 11.8 Å². The minimum absolute atomic E-state index is 0.0421. The Labute approximate surface area is 206 Å². The Morgan fingerprint density at radius 3 is 2.62 bits per heavy atom. The van der Waals surface area contributed by atoms with Crippen LogP contribution in [0.3, 0.4) is 0 Å². The highest BCUT2D eigenvalue weighted by molar-refractivity contribution is 9.10. The molecule has 3 saturated heterocycles. The van der Waals surface area contributed by atoms with E-state index in [2.05, 4.69) is 26.1 Å². The highest BCUT2D eigenvalue weighted by Crippen LogP contribution is 2.54. The van der Waals surface area contributed by atoms with Gasteiger partial charge in [-0.25, -0.2) is 0 Å². The van der Waals surface area contributed by atoms with Crippen LogP contribution in [0.1, 0.15) is 37.7 Å². The molecular weight excluding hydrogens is 510 g/mol. The second-order valence-corrected chi connectivity index (χ2v) is 11.2. The van der Waals surface area contributed by atoms with E-state index < -0.39 is 10.9 Å². The largest absolute Gasteiger partial charge is 0.370 e. The maximum absolute atomic E-state index is 13.5. The number of benzene rings is 2. The Morgan fingerprint density at radius 2 is 1.88 bits per heavy atom. The fourth-order valence-electron chi connectivity index (χ4n) is 5.08. The van der Waals surface area contributed by atoms with Gasteiger partial charge in [0.05, 0.1) is 11.4 Å². The van der Waals surface area contributed by atoms with Crippen LogP contribution in [0.15, 0.2) is 46.9 Å². The highest BCUT2D eigenvalue weighted by Gasteiger charge is 2.56. The number of halogens is 2. The fourth-order valence-corrected chi connectivity index (χ4v) is 7.17. The summed E-state index contributed by atoms with van der Waals surface area (Å²) in [6.07, 6.45) is 4.71. The summed E-state index contributed by atoms with van der Waals surface area (Å²) in [6, 6.07) is 13.3. The van der Waals surface area contributed by atoms with Crippen LogP contribution in [0, 0.1) is 0 Å². The quantitative estimate of drug-likeness (QED) is 0.553. The lowest BCUT2D eigenvalue weighted by Gasteiger charge is -2.34. The van der Waals surface area contributed by atoms with Gasteiger partial charge in [-0.05, 0) is 61.6 Å². The molecule has 168 valence electrons. The summed E-state index contributed by atoms with van der Waals surface area (Å²) in [6.45, 7) is 1.95. The van der Waals surface area contributed by atoms with Gasteiger partial charge in [-0.15, -0.1) is 11.8 Å². The number of hydrogen-bond donors (Lipinski definition) is 1. The normalized spacial score (nSPS) is 25.2. The number of anilines is 2. The van der Waals surface area contributed by atoms with Crippen molar-refractivity contribution in [2.45, 2.75) is 43.0 Å². The van der Waals surface area contributed by atoms with Crippen LogP contribution in [0.4, 0.5) is 11.4 Å². The first-order valence-corrected chi connectivity index (χ1v) is 13.2. The van der Waals surface area contributed by atoms with Crippen molar-refractivity contribution >= 4 is 62.5 Å². The van der Waals surface area contributed by atoms with Crippen molar-refractivity contribution in [2.75, 3.05) is 29.1 Å². The van der Waals surface area contributed by atoms with Gasteiger partial charge >= 0.3 is 0 Å². The number of rotatable bonds is 4. The summed E-state index contributed by atoms with van der Waals surface area (Å²) in [5.41, 5.74) is 2.80. The van der Waals surface area contributed by atoms with Crippen molar-refractivity contribution in [3.8, 4) is 0 Å². The fraction of sp³-hybridized carbons (Fsp3) is 0.417. The van der Waals surface area contributed by atoms with Gasteiger partial charge in [-0.1, -0.05) is 39.7 Å². The molecule has 3 heterocycles. The Kier molecular flexibility index (Phi) is 6.16. The predicted molar refractivity (Wildman–Crippen MR) is 134 cm³/mol. The van der Waals surface area contributed by atoms with Gasteiger partial charge in [0.15, 0.2) is 0 Å². The molecule has 0 aromatic heterocycles. The maximum atomic E-state index is 13.5. The lowest BCUT2D eigenvalue weighted by molar-refractivity contribution is -0.136. The minimum Gasteiger partial charge on any atom is -0.370 e. The number of nitrogens with zero attached hydrogens (tertiary/aromatic N) is 2. The monoisotopic (exact) mass is 533 g/mol. The van der Waals surface area contributed by atoms with E-state index in [1.807, 2.05) is 47.4 Å². The zero-order valence-electron chi connectivity index (χ0n) is 17.7. The molecule has 0 radical (unpaired) electrons. The third kappa shape index (κ3) is 3.93. The summed E-state index contributed by atoms with van der Waals surface area (Å²) < 4.78 is 0.997. The smallest absolute Gasteiger partial charge is 0.248 e. The van der Waals surface area contributed by atoms with Crippen molar-refractivity contribution in [1.29, 1.82) is 0 Å². The standard InChI is InChI=1S/C24H25BrClN3O2S/c25-17-6-4-16(5-7-17)24-11-10-22(30)29(24)21(15-32-24)23(31)27-19-14-18(26)8-9-20(19)28-12-2-1-3-13-28/h4-9,14,21H,1-3,10-13,15H2,(H,27,31). The van der Waals surface area contributed by atoms with E-state index in [0.717, 1.165) is 53.8 Å². The first-order chi connectivity index (χ1) is 15.5. The summed E-state index contributed by atoms with van der Waals surface area (Å²) in [5.74, 6) is 0.473. The number of carbonyl (C=O) groups is 2. The van der Waals surface area contributed by atoms with Crippen LogP contribution >= 0.6 is 39.3 Å². The SMILES string of the molecule is O=C(Nc1cc(Cl)ccc1N1CCCCC1)C1CSC2(c3ccc(Br)cc3)CCC(=O)N12. The molecular formula is C24H25BrClN3O2S. The van der Waals surface area contributed by atoms with E-state index >= 15 is 0 Å². The second-order valence-electron chi connectivity index (χ2n) is 8.58. The summed E-state index contributed by atoms with van der Waals surface area (Å²) in [5, 5.41) is 3.71. The first-order valence-electron chi connectivity index (χ1n) is 11.1. The first kappa shape index (κ1) is 22.1. The molecule has 5 rings (SSSR count). The average Bonchev–Trinajstić information content (AvgIpc) is 3.34. The predicted octanol–water partition coefficient (Wildman–Crippen LogP) is 5.62. The van der Waals surface area contributed by atoms with Crippen molar-refractivity contribution in [1.82, 2.24) is 4.90 Å². The molecule has 2 aromatic carbocycles. The number of fused-ring (bicyclic) bond motifs is 1. The third-order valence-corrected chi connectivity index (χ3v) is 9.00. The number of hydrogen-bond acceptors (Lipinski definition) is 4. The van der Waals surface area contributed by atoms with E-state index in [0.29, 0.717) is 17.2 Å². The molecule has 1 N–H and O–H groups in total. The van der Waals surface area contributed by atoms with Crippen LogP contribution < -0.4 is 10.2 Å². The van der Waals surface area contributed by atoms with Gasteiger partial charge in [0.1, 0.15) is 10.9 Å². The Hall–Kier alpha value is -1.70. The molecule has 5 nitrogen and oxygen atoms in total. The van der Waals surface area contributed by atoms with E-state index in [-0.39, 0.29) is 11.8 Å². The molecule has 0 saturated carbocycles. The van der Waals surface area contributed by atoms with Crippen molar-refractivity contribution in [3.63, 3.8) is 0 Å². The van der Waals surface area contributed by atoms with E-state index in [4.69, 9.17) is 11.6 Å². The van der Waals surface area contributed by atoms with Gasteiger partial charge in [0.2, 0.25) is 11.8 Å². The molecule has 2 atom stereocenters. The zero-order chi connectivity index (χ0) is 22.3. The van der Waals surface area contributed by atoms with Gasteiger partial charge in [0, 0.05) is 34.8 Å². The zero-order valence-corrected chi connectivity index (χ0v) is 20.8. The molecule has 2 aromatic rings. The Morgan fingerprint density at radius 1 is 1.12 bits per heavy atom. The molecule has 3 fully saturated rings. The molecule has 2 amide bonds. The summed E-state index contributed by atoms with van der Waals surface area (Å²) in [4.78, 5) is 30.1. The summed E-state index contributed by atoms with van der Waals surface area (Å²) >= 11 is 11.5. The molecule has 8 heteroatoms. The number of amides is 2. The molecule has 0 bridgehead atoms. The topological polar surface area (TPSA) is 52.7 Å². The van der Waals surface area contributed by atoms with E-state index in [1.165, 1.54) is 6.42 Å². The Bertz CT molecular complexity index is 1040. The maximum Gasteiger partial charge on any atom is 0.248 e. The minimum atomic E-state index is -0.508. The van der Waals surface area contributed by atoms with Crippen molar-refractivity contribution in [3.05, 3.63) is 57.5 Å². The number of carbonyl (C=O) groups excluding carboxylic acids is 2. The molecule has 3 aliphatic heterocycles. The van der Waals surface area contributed by atoms with Gasteiger partial charge in [-0.2, -0.15) is 0 Å². The Balaban J connectivity index is 1.42.